The number of nitrogens with one attached hydrogen (secondary N) is 2. The zero-order chi connectivity index (χ0) is 31.8. The minimum atomic E-state index is -5.06. The van der Waals surface area contributed by atoms with E-state index in [-0.39, 0.29) is 19.0 Å². The van der Waals surface area contributed by atoms with Crippen LogP contribution in [0.25, 0.3) is 0 Å². The number of sulfone groups is 1. The number of carbonyl (C=O) groups excluding carboxylic acids is 2. The summed E-state index contributed by atoms with van der Waals surface area (Å²) < 4.78 is 66.5. The third kappa shape index (κ3) is 9.38. The van der Waals surface area contributed by atoms with E-state index in [1.807, 2.05) is 0 Å². The summed E-state index contributed by atoms with van der Waals surface area (Å²) in [5.41, 5.74) is -3.30. The minimum absolute atomic E-state index is 0.133. The molecular weight excluding hydrogens is 589 g/mol. The van der Waals surface area contributed by atoms with E-state index in [0.29, 0.717) is 31.0 Å². The van der Waals surface area contributed by atoms with Crippen molar-refractivity contribution in [3.8, 4) is 0 Å². The number of hydrogen-bond donors (Lipinski definition) is 7. The smallest absolute Gasteiger partial charge is 0.480 e. The third-order valence-electron chi connectivity index (χ3n) is 5.81. The van der Waals surface area contributed by atoms with E-state index in [1.165, 1.54) is 0 Å². The van der Waals surface area contributed by atoms with Gasteiger partial charge < -0.3 is 35.8 Å². The van der Waals surface area contributed by atoms with Crippen LogP contribution < -0.4 is 21.6 Å². The lowest BCUT2D eigenvalue weighted by atomic mass is 9.79. The first-order valence-electron chi connectivity index (χ1n) is 12.1. The molecule has 2 amide bonds. The van der Waals surface area contributed by atoms with Crippen molar-refractivity contribution in [2.75, 3.05) is 13.1 Å². The first-order chi connectivity index (χ1) is 19.5. The summed E-state index contributed by atoms with van der Waals surface area (Å²) in [7, 11) is -9.66. The highest BCUT2D eigenvalue weighted by Crippen LogP contribution is 2.31. The van der Waals surface area contributed by atoms with Crippen molar-refractivity contribution in [1.29, 1.82) is 0 Å². The van der Waals surface area contributed by atoms with Gasteiger partial charge in [-0.3, -0.25) is 14.6 Å². The second-order valence-electron chi connectivity index (χ2n) is 8.90. The molecular formula is C23H26B2F3N3O10S. The number of halogens is 3. The summed E-state index contributed by atoms with van der Waals surface area (Å²) >= 11 is 0. The molecule has 0 aliphatic heterocycles. The first-order valence-corrected chi connectivity index (χ1v) is 13.5. The molecule has 0 saturated carbocycles. The quantitative estimate of drug-likeness (QED) is 0.0708. The van der Waals surface area contributed by atoms with Crippen LogP contribution in [0.2, 0.25) is 0 Å². The molecule has 19 heteroatoms. The number of aliphatic imine (C=N–C) groups is 1. The van der Waals surface area contributed by atoms with Crippen LogP contribution in [-0.2, 0) is 25.6 Å². The molecule has 7 N–H and O–H groups in total. The Morgan fingerprint density at radius 1 is 0.905 bits per heavy atom. The number of benzene rings is 2. The molecule has 0 spiro atoms. The summed E-state index contributed by atoms with van der Waals surface area (Å²) in [5.74, 6) is -2.83. The number of carboxylic acid groups (broad SMARTS) is 1. The van der Waals surface area contributed by atoms with E-state index in [0.717, 1.165) is 12.1 Å². The zero-order valence-corrected chi connectivity index (χ0v) is 22.5. The number of aliphatic carboxylic acids is 1. The molecule has 0 heterocycles. The molecule has 0 aliphatic rings. The Hall–Kier alpha value is -3.77. The van der Waals surface area contributed by atoms with Gasteiger partial charge in [0.25, 0.3) is 5.91 Å². The van der Waals surface area contributed by atoms with E-state index in [1.54, 1.807) is 0 Å². The number of carboxylic acids is 1. The molecule has 0 radical (unpaired) electrons. The standard InChI is InChI=1S/C23H26B2F3N3O10S/c1-29-19(22(34)35)4-2-3-5-30-20(32)12-31-21(33)13-6-15(24(36)37)10-17(7-13)42(40,41)18-9-14(23(26,27)28)8-16(11-18)25(38)39/h6-11,19,36-39H,1-5,12H2,(H,30,32)(H,31,33)(H,34,35)/t19-/m0/s1. The Balaban J connectivity index is 2.23. The van der Waals surface area contributed by atoms with Crippen LogP contribution in [0.5, 0.6) is 0 Å². The van der Waals surface area contributed by atoms with Gasteiger partial charge in [0.15, 0.2) is 0 Å². The van der Waals surface area contributed by atoms with Crippen LogP contribution >= 0.6 is 0 Å². The number of alkyl halides is 3. The van der Waals surface area contributed by atoms with Gasteiger partial charge in [0, 0.05) is 12.1 Å². The monoisotopic (exact) mass is 615 g/mol. The molecule has 1 atom stereocenters. The van der Waals surface area contributed by atoms with Crippen molar-refractivity contribution >= 4 is 59.5 Å². The molecule has 0 unspecified atom stereocenters. The predicted octanol–water partition coefficient (Wildman–Crippen LogP) is -1.93. The fourth-order valence-electron chi connectivity index (χ4n) is 3.59. The Morgan fingerprint density at radius 3 is 2.00 bits per heavy atom. The largest absolute Gasteiger partial charge is 0.488 e. The molecule has 2 aromatic carbocycles. The van der Waals surface area contributed by atoms with Gasteiger partial charge in [0.05, 0.1) is 21.9 Å². The lowest BCUT2D eigenvalue weighted by Crippen LogP contribution is -2.38. The van der Waals surface area contributed by atoms with Gasteiger partial charge in [-0.05, 0) is 67.2 Å². The first kappa shape index (κ1) is 34.4. The number of rotatable bonds is 14. The molecule has 0 saturated heterocycles. The number of carbonyl (C=O) groups is 3. The zero-order valence-electron chi connectivity index (χ0n) is 21.7. The molecule has 226 valence electrons. The SMILES string of the molecule is C=N[C@@H](CCCCNC(=O)CNC(=O)c1cc(B(O)O)cc(S(=O)(=O)c2cc(B(O)O)cc(C(F)(F)F)c2)c1)C(=O)O. The van der Waals surface area contributed by atoms with Crippen molar-refractivity contribution in [3.05, 3.63) is 47.5 Å². The molecule has 2 aromatic rings. The van der Waals surface area contributed by atoms with Crippen molar-refractivity contribution in [3.63, 3.8) is 0 Å². The van der Waals surface area contributed by atoms with Crippen molar-refractivity contribution < 1.29 is 61.2 Å². The van der Waals surface area contributed by atoms with Crippen molar-refractivity contribution in [1.82, 2.24) is 10.6 Å². The van der Waals surface area contributed by atoms with E-state index >= 15 is 0 Å². The number of unbranched alkanes of at least 4 members (excludes halogenated alkanes) is 1. The fourth-order valence-corrected chi connectivity index (χ4v) is 5.01. The maximum atomic E-state index is 13.3. The van der Waals surface area contributed by atoms with Gasteiger partial charge >= 0.3 is 26.4 Å². The maximum Gasteiger partial charge on any atom is 0.488 e. The Morgan fingerprint density at radius 2 is 1.48 bits per heavy atom. The lowest BCUT2D eigenvalue weighted by Gasteiger charge is -2.14. The number of amides is 2. The average Bonchev–Trinajstić information content (AvgIpc) is 2.92. The van der Waals surface area contributed by atoms with Crippen LogP contribution in [0.3, 0.4) is 0 Å². The highest BCUT2D eigenvalue weighted by Gasteiger charge is 2.34. The normalized spacial score (nSPS) is 12.3. The van der Waals surface area contributed by atoms with Crippen LogP contribution in [0.4, 0.5) is 13.2 Å². The average molecular weight is 615 g/mol. The summed E-state index contributed by atoms with van der Waals surface area (Å²) in [5, 5.41) is 51.5. The molecule has 0 fully saturated rings. The minimum Gasteiger partial charge on any atom is -0.480 e. The van der Waals surface area contributed by atoms with Gasteiger partial charge in [-0.15, -0.1) is 0 Å². The highest BCUT2D eigenvalue weighted by molar-refractivity contribution is 7.91. The van der Waals surface area contributed by atoms with Crippen LogP contribution in [0.1, 0.15) is 35.2 Å². The summed E-state index contributed by atoms with van der Waals surface area (Å²) in [6.07, 6.45) is -4.07. The van der Waals surface area contributed by atoms with Crippen molar-refractivity contribution in [2.45, 2.75) is 41.3 Å². The van der Waals surface area contributed by atoms with Crippen molar-refractivity contribution in [2.24, 2.45) is 4.99 Å². The van der Waals surface area contributed by atoms with E-state index in [9.17, 15) is 56.1 Å². The predicted molar refractivity (Wildman–Crippen MR) is 143 cm³/mol. The van der Waals surface area contributed by atoms with Crippen LogP contribution in [-0.4, -0.2) is 91.5 Å². The van der Waals surface area contributed by atoms with Gasteiger partial charge in [0.2, 0.25) is 15.7 Å². The van der Waals surface area contributed by atoms with Crippen LogP contribution in [0, 0.1) is 0 Å². The Kier molecular flexibility index (Phi) is 11.8. The van der Waals surface area contributed by atoms with Gasteiger partial charge in [-0.25, -0.2) is 13.2 Å². The molecule has 2 rings (SSSR count). The highest BCUT2D eigenvalue weighted by atomic mass is 32.2. The molecule has 0 bridgehead atoms. The molecule has 0 aliphatic carbocycles. The second kappa shape index (κ2) is 14.4. The Labute approximate surface area is 238 Å². The molecule has 42 heavy (non-hydrogen) atoms. The number of nitrogens with zero attached hydrogens (tertiary/aromatic N) is 1. The maximum absolute atomic E-state index is 13.3. The topological polar surface area (TPSA) is 223 Å². The van der Waals surface area contributed by atoms with Gasteiger partial charge in [-0.1, -0.05) is 6.07 Å². The number of hydrogen-bond acceptors (Lipinski definition) is 10. The summed E-state index contributed by atoms with van der Waals surface area (Å²) in [6, 6.07) is 2.51. The van der Waals surface area contributed by atoms with Gasteiger partial charge in [0.1, 0.15) is 6.04 Å². The van der Waals surface area contributed by atoms with E-state index in [4.69, 9.17) is 5.11 Å². The second-order valence-corrected chi connectivity index (χ2v) is 10.8. The van der Waals surface area contributed by atoms with E-state index < -0.39 is 92.5 Å². The lowest BCUT2D eigenvalue weighted by molar-refractivity contribution is -0.139. The Bertz CT molecular complexity index is 1440. The summed E-state index contributed by atoms with van der Waals surface area (Å²) in [4.78, 5) is 37.3. The molecule has 0 aromatic heterocycles. The molecule has 13 nitrogen and oxygen atoms in total. The fraction of sp³-hybridized carbons (Fsp3) is 0.304. The third-order valence-corrected chi connectivity index (χ3v) is 7.52. The van der Waals surface area contributed by atoms with Crippen LogP contribution in [0.15, 0.2) is 51.2 Å². The summed E-state index contributed by atoms with van der Waals surface area (Å²) in [6.45, 7) is 2.73. The van der Waals surface area contributed by atoms with E-state index in [2.05, 4.69) is 22.3 Å². The van der Waals surface area contributed by atoms with Gasteiger partial charge in [-0.2, -0.15) is 13.2 Å².